The summed E-state index contributed by atoms with van der Waals surface area (Å²) in [7, 11) is 0. The van der Waals surface area contributed by atoms with E-state index in [9.17, 15) is 13.6 Å². The first-order chi connectivity index (χ1) is 12.6. The van der Waals surface area contributed by atoms with Gasteiger partial charge in [0, 0.05) is 45.2 Å². The van der Waals surface area contributed by atoms with Crippen LogP contribution in [0.15, 0.2) is 24.4 Å². The number of hydrogen-bond acceptors (Lipinski definition) is 4. The Kier molecular flexibility index (Phi) is 5.40. The summed E-state index contributed by atoms with van der Waals surface area (Å²) in [6.45, 7) is 7.28. The monoisotopic (exact) mass is 379 g/mol. The molecule has 1 amide bonds. The molecule has 1 saturated heterocycles. The standard InChI is InChI=1S/C20H27F2N3O2/c1-19(2,3)27-18(26)25-10-5-15(6-11-25)16-4-9-23-17(14-16)24-12-7-20(21,22)8-13-24/h4-5,9,14H,6-8,10-13H2,1-3H3. The van der Waals surface area contributed by atoms with Crippen LogP contribution in [-0.4, -0.2) is 53.7 Å². The molecule has 7 heteroatoms. The summed E-state index contributed by atoms with van der Waals surface area (Å²) in [5.41, 5.74) is 1.66. The maximum Gasteiger partial charge on any atom is 0.410 e. The van der Waals surface area contributed by atoms with Crippen LogP contribution in [0, 0.1) is 0 Å². The summed E-state index contributed by atoms with van der Waals surface area (Å²) in [5, 5.41) is 0. The van der Waals surface area contributed by atoms with Crippen LogP contribution in [0.3, 0.4) is 0 Å². The Bertz CT molecular complexity index is 718. The van der Waals surface area contributed by atoms with Crippen molar-refractivity contribution >= 4 is 17.5 Å². The third-order valence-electron chi connectivity index (χ3n) is 4.80. The van der Waals surface area contributed by atoms with Crippen molar-refractivity contribution in [3.63, 3.8) is 0 Å². The largest absolute Gasteiger partial charge is 0.444 e. The zero-order chi connectivity index (χ0) is 19.7. The number of rotatable bonds is 2. The van der Waals surface area contributed by atoms with Crippen LogP contribution < -0.4 is 4.90 Å². The molecule has 1 aromatic rings. The van der Waals surface area contributed by atoms with Crippen LogP contribution in [0.5, 0.6) is 0 Å². The highest BCUT2D eigenvalue weighted by Gasteiger charge is 2.34. The fraction of sp³-hybridized carbons (Fsp3) is 0.600. The lowest BCUT2D eigenvalue weighted by atomic mass is 10.00. The molecule has 2 aliphatic heterocycles. The number of halogens is 2. The van der Waals surface area contributed by atoms with Gasteiger partial charge in [-0.25, -0.2) is 18.6 Å². The van der Waals surface area contributed by atoms with Crippen molar-refractivity contribution in [3.05, 3.63) is 30.0 Å². The SMILES string of the molecule is CC(C)(C)OC(=O)N1CC=C(c2ccnc(N3CCC(F)(F)CC3)c2)CC1. The molecule has 0 saturated carbocycles. The van der Waals surface area contributed by atoms with E-state index in [1.165, 1.54) is 0 Å². The quantitative estimate of drug-likeness (QED) is 0.767. The number of pyridine rings is 1. The number of ether oxygens (including phenoxy) is 1. The van der Waals surface area contributed by atoms with Gasteiger partial charge in [0.15, 0.2) is 0 Å². The van der Waals surface area contributed by atoms with E-state index < -0.39 is 11.5 Å². The highest BCUT2D eigenvalue weighted by atomic mass is 19.3. The highest BCUT2D eigenvalue weighted by Crippen LogP contribution is 2.31. The van der Waals surface area contributed by atoms with E-state index in [-0.39, 0.29) is 18.9 Å². The first-order valence-corrected chi connectivity index (χ1v) is 9.39. The molecule has 3 heterocycles. The van der Waals surface area contributed by atoms with Crippen LogP contribution in [0.25, 0.3) is 5.57 Å². The van der Waals surface area contributed by atoms with E-state index in [0.717, 1.165) is 23.4 Å². The van der Waals surface area contributed by atoms with Gasteiger partial charge in [-0.2, -0.15) is 0 Å². The first kappa shape index (κ1) is 19.6. The first-order valence-electron chi connectivity index (χ1n) is 9.39. The van der Waals surface area contributed by atoms with E-state index in [2.05, 4.69) is 4.98 Å². The number of carbonyl (C=O) groups is 1. The summed E-state index contributed by atoms with van der Waals surface area (Å²) in [6.07, 6.45) is 3.90. The number of piperidine rings is 1. The van der Waals surface area contributed by atoms with Crippen molar-refractivity contribution in [1.82, 2.24) is 9.88 Å². The van der Waals surface area contributed by atoms with E-state index in [1.54, 1.807) is 11.1 Å². The molecule has 0 N–H and O–H groups in total. The van der Waals surface area contributed by atoms with E-state index in [1.807, 2.05) is 43.9 Å². The van der Waals surface area contributed by atoms with Gasteiger partial charge in [-0.1, -0.05) is 6.08 Å². The predicted molar refractivity (Wildman–Crippen MR) is 101 cm³/mol. The number of hydrogen-bond donors (Lipinski definition) is 0. The predicted octanol–water partition coefficient (Wildman–Crippen LogP) is 4.34. The Labute approximate surface area is 159 Å². The zero-order valence-corrected chi connectivity index (χ0v) is 16.2. The Balaban J connectivity index is 1.65. The van der Waals surface area contributed by atoms with Crippen LogP contribution in [0.1, 0.15) is 45.6 Å². The maximum absolute atomic E-state index is 13.4. The summed E-state index contributed by atoms with van der Waals surface area (Å²) in [4.78, 5) is 20.1. The molecule has 0 spiro atoms. The molecule has 0 atom stereocenters. The Morgan fingerprint density at radius 3 is 2.52 bits per heavy atom. The molecule has 2 aliphatic rings. The van der Waals surface area contributed by atoms with Gasteiger partial charge >= 0.3 is 6.09 Å². The maximum atomic E-state index is 13.4. The molecule has 3 rings (SSSR count). The highest BCUT2D eigenvalue weighted by molar-refractivity contribution is 5.73. The van der Waals surface area contributed by atoms with E-state index >= 15 is 0 Å². The van der Waals surface area contributed by atoms with Crippen molar-refractivity contribution in [2.75, 3.05) is 31.1 Å². The second-order valence-electron chi connectivity index (χ2n) is 8.15. The fourth-order valence-electron chi connectivity index (χ4n) is 3.28. The number of aromatic nitrogens is 1. The normalized spacial score (nSPS) is 20.3. The Morgan fingerprint density at radius 1 is 1.22 bits per heavy atom. The Hall–Kier alpha value is -2.18. The van der Waals surface area contributed by atoms with Gasteiger partial charge < -0.3 is 14.5 Å². The van der Waals surface area contributed by atoms with Crippen LogP contribution in [0.4, 0.5) is 19.4 Å². The van der Waals surface area contributed by atoms with E-state index in [4.69, 9.17) is 4.74 Å². The third kappa shape index (κ3) is 5.17. The molecule has 0 aromatic carbocycles. The molecular weight excluding hydrogens is 352 g/mol. The molecule has 0 bridgehead atoms. The molecule has 0 unspecified atom stereocenters. The smallest absolute Gasteiger partial charge is 0.410 e. The van der Waals surface area contributed by atoms with Crippen molar-refractivity contribution < 1.29 is 18.3 Å². The summed E-state index contributed by atoms with van der Waals surface area (Å²) >= 11 is 0. The summed E-state index contributed by atoms with van der Waals surface area (Å²) in [6, 6.07) is 3.88. The number of amides is 1. The van der Waals surface area contributed by atoms with E-state index in [0.29, 0.717) is 26.2 Å². The number of nitrogens with zero attached hydrogens (tertiary/aromatic N) is 3. The van der Waals surface area contributed by atoms with Gasteiger partial charge in [0.05, 0.1) is 0 Å². The zero-order valence-electron chi connectivity index (χ0n) is 16.2. The van der Waals surface area contributed by atoms with Gasteiger partial charge in [0.1, 0.15) is 11.4 Å². The molecule has 5 nitrogen and oxygen atoms in total. The van der Waals surface area contributed by atoms with Gasteiger partial charge in [0.2, 0.25) is 0 Å². The fourth-order valence-corrected chi connectivity index (χ4v) is 3.28. The molecule has 1 aromatic heterocycles. The summed E-state index contributed by atoms with van der Waals surface area (Å²) in [5.74, 6) is -1.83. The average molecular weight is 379 g/mol. The van der Waals surface area contributed by atoms with Crippen molar-refractivity contribution in [2.24, 2.45) is 0 Å². The average Bonchev–Trinajstić information content (AvgIpc) is 2.60. The second-order valence-corrected chi connectivity index (χ2v) is 8.15. The molecule has 27 heavy (non-hydrogen) atoms. The van der Waals surface area contributed by atoms with Crippen LogP contribution >= 0.6 is 0 Å². The minimum atomic E-state index is -2.56. The summed E-state index contributed by atoms with van der Waals surface area (Å²) < 4.78 is 32.2. The number of carbonyl (C=O) groups excluding carboxylic acids is 1. The number of anilines is 1. The number of alkyl halides is 2. The molecule has 0 radical (unpaired) electrons. The molecule has 148 valence electrons. The topological polar surface area (TPSA) is 45.7 Å². The molecule has 0 aliphatic carbocycles. The molecule has 1 fully saturated rings. The van der Waals surface area contributed by atoms with Crippen LogP contribution in [-0.2, 0) is 4.74 Å². The minimum absolute atomic E-state index is 0.132. The van der Waals surface area contributed by atoms with Gasteiger partial charge in [-0.3, -0.25) is 0 Å². The van der Waals surface area contributed by atoms with Crippen molar-refractivity contribution in [1.29, 1.82) is 0 Å². The third-order valence-corrected chi connectivity index (χ3v) is 4.80. The van der Waals surface area contributed by atoms with Crippen LogP contribution in [0.2, 0.25) is 0 Å². The second kappa shape index (κ2) is 7.44. The lowest BCUT2D eigenvalue weighted by Crippen LogP contribution is -2.40. The van der Waals surface area contributed by atoms with Crippen molar-refractivity contribution in [3.8, 4) is 0 Å². The van der Waals surface area contributed by atoms with Gasteiger partial charge in [-0.05, 0) is 50.5 Å². The van der Waals surface area contributed by atoms with Gasteiger partial charge in [0.25, 0.3) is 5.92 Å². The Morgan fingerprint density at radius 2 is 1.93 bits per heavy atom. The minimum Gasteiger partial charge on any atom is -0.444 e. The van der Waals surface area contributed by atoms with Gasteiger partial charge in [-0.15, -0.1) is 0 Å². The lowest BCUT2D eigenvalue weighted by Gasteiger charge is -2.33. The molecular formula is C20H27F2N3O2. The lowest BCUT2D eigenvalue weighted by molar-refractivity contribution is -0.0221. The van der Waals surface area contributed by atoms with Crippen molar-refractivity contribution in [2.45, 2.75) is 51.6 Å².